The van der Waals surface area contributed by atoms with E-state index in [1.165, 1.54) is 18.2 Å². The van der Waals surface area contributed by atoms with E-state index in [-0.39, 0.29) is 23.6 Å². The van der Waals surface area contributed by atoms with E-state index in [1.54, 1.807) is 0 Å². The van der Waals surface area contributed by atoms with Crippen molar-refractivity contribution in [3.8, 4) is 0 Å². The molecule has 0 aliphatic rings. The number of carboxylic acid groups (broad SMARTS) is 1. The van der Waals surface area contributed by atoms with E-state index in [9.17, 15) is 9.59 Å². The number of ether oxygens (including phenoxy) is 1. The Morgan fingerprint density at radius 3 is 2.74 bits per heavy atom. The minimum Gasteiger partial charge on any atom is -0.478 e. The third-order valence-corrected chi connectivity index (χ3v) is 2.54. The first kappa shape index (κ1) is 15.5. The highest BCUT2D eigenvalue weighted by Gasteiger charge is 2.12. The topological polar surface area (TPSA) is 75.6 Å². The molecule has 0 heterocycles. The first-order valence-corrected chi connectivity index (χ1v) is 6.32. The molecule has 5 nitrogen and oxygen atoms in total. The van der Waals surface area contributed by atoms with Crippen LogP contribution in [0.1, 0.15) is 30.1 Å². The molecule has 0 saturated heterocycles. The maximum atomic E-state index is 11.6. The maximum Gasteiger partial charge on any atom is 0.337 e. The van der Waals surface area contributed by atoms with E-state index in [0.29, 0.717) is 18.2 Å². The molecule has 0 saturated carbocycles. The molecule has 1 amide bonds. The van der Waals surface area contributed by atoms with Crippen molar-refractivity contribution in [1.82, 2.24) is 0 Å². The molecule has 1 rings (SSSR count). The quantitative estimate of drug-likeness (QED) is 0.755. The summed E-state index contributed by atoms with van der Waals surface area (Å²) in [4.78, 5) is 22.6. The van der Waals surface area contributed by atoms with Gasteiger partial charge < -0.3 is 15.2 Å². The molecular formula is C13H16ClNO4. The molecule has 0 bridgehead atoms. The van der Waals surface area contributed by atoms with Gasteiger partial charge in [-0.1, -0.05) is 18.5 Å². The first-order chi connectivity index (χ1) is 9.04. The second-order valence-electron chi connectivity index (χ2n) is 3.91. The summed E-state index contributed by atoms with van der Waals surface area (Å²) in [6.45, 7) is 2.89. The van der Waals surface area contributed by atoms with Crippen LogP contribution in [0.5, 0.6) is 0 Å². The Balaban J connectivity index is 2.62. The number of hydrogen-bond acceptors (Lipinski definition) is 3. The number of carbonyl (C=O) groups is 2. The summed E-state index contributed by atoms with van der Waals surface area (Å²) in [7, 11) is 0. The van der Waals surface area contributed by atoms with Crippen LogP contribution < -0.4 is 5.32 Å². The van der Waals surface area contributed by atoms with E-state index in [0.717, 1.165) is 6.42 Å². The maximum absolute atomic E-state index is 11.6. The Hall–Kier alpha value is -1.59. The number of anilines is 1. The molecule has 0 radical (unpaired) electrons. The molecule has 0 spiro atoms. The van der Waals surface area contributed by atoms with Crippen molar-refractivity contribution < 1.29 is 19.4 Å². The summed E-state index contributed by atoms with van der Waals surface area (Å²) in [6.07, 6.45) is 1.06. The van der Waals surface area contributed by atoms with Crippen LogP contribution in [0.25, 0.3) is 0 Å². The lowest BCUT2D eigenvalue weighted by molar-refractivity contribution is -0.117. The van der Waals surface area contributed by atoms with Gasteiger partial charge in [0.05, 0.1) is 24.3 Å². The van der Waals surface area contributed by atoms with Crippen LogP contribution in [0.15, 0.2) is 18.2 Å². The monoisotopic (exact) mass is 285 g/mol. The van der Waals surface area contributed by atoms with Crippen LogP contribution in [0.4, 0.5) is 5.69 Å². The van der Waals surface area contributed by atoms with Gasteiger partial charge in [-0.15, -0.1) is 0 Å². The zero-order valence-corrected chi connectivity index (χ0v) is 11.4. The predicted octanol–water partition coefficient (Wildman–Crippen LogP) is 2.79. The van der Waals surface area contributed by atoms with Gasteiger partial charge >= 0.3 is 5.97 Å². The van der Waals surface area contributed by atoms with Gasteiger partial charge in [-0.2, -0.15) is 0 Å². The lowest BCUT2D eigenvalue weighted by Crippen LogP contribution is -2.16. The SMILES string of the molecule is CCCOCCC(=O)Nc1cc(Cl)ccc1C(=O)O. The zero-order chi connectivity index (χ0) is 14.3. The summed E-state index contributed by atoms with van der Waals surface area (Å²) in [6, 6.07) is 4.23. The molecule has 0 aliphatic heterocycles. The van der Waals surface area contributed by atoms with Crippen molar-refractivity contribution in [2.75, 3.05) is 18.5 Å². The van der Waals surface area contributed by atoms with Crippen LogP contribution in [-0.2, 0) is 9.53 Å². The fourth-order valence-electron chi connectivity index (χ4n) is 1.43. The average Bonchev–Trinajstić information content (AvgIpc) is 2.34. The lowest BCUT2D eigenvalue weighted by Gasteiger charge is -2.09. The predicted molar refractivity (Wildman–Crippen MR) is 72.8 cm³/mol. The fraction of sp³-hybridized carbons (Fsp3) is 0.385. The van der Waals surface area contributed by atoms with Gasteiger partial charge in [0, 0.05) is 11.6 Å². The van der Waals surface area contributed by atoms with Gasteiger partial charge in [0.15, 0.2) is 0 Å². The second-order valence-corrected chi connectivity index (χ2v) is 4.34. The van der Waals surface area contributed by atoms with Gasteiger partial charge in [0.2, 0.25) is 5.91 Å². The fourth-order valence-corrected chi connectivity index (χ4v) is 1.60. The molecule has 0 unspecified atom stereocenters. The highest BCUT2D eigenvalue weighted by Crippen LogP contribution is 2.21. The van der Waals surface area contributed by atoms with E-state index in [1.807, 2.05) is 6.92 Å². The minimum absolute atomic E-state index is 0.00669. The molecule has 2 N–H and O–H groups in total. The molecule has 104 valence electrons. The van der Waals surface area contributed by atoms with Crippen LogP contribution in [0.2, 0.25) is 5.02 Å². The number of carbonyl (C=O) groups excluding carboxylic acids is 1. The molecule has 0 fully saturated rings. The van der Waals surface area contributed by atoms with Crippen molar-refractivity contribution in [2.45, 2.75) is 19.8 Å². The molecule has 0 aliphatic carbocycles. The number of aromatic carboxylic acids is 1. The summed E-state index contributed by atoms with van der Waals surface area (Å²) >= 11 is 5.78. The standard InChI is InChI=1S/C13H16ClNO4/c1-2-6-19-7-5-12(16)15-11-8-9(14)3-4-10(11)13(17)18/h3-4,8H,2,5-7H2,1H3,(H,15,16)(H,17,18). The molecule has 1 aromatic rings. The Bertz CT molecular complexity index is 462. The molecule has 1 aromatic carbocycles. The Morgan fingerprint density at radius 2 is 2.11 bits per heavy atom. The molecule has 0 aromatic heterocycles. The summed E-state index contributed by atoms with van der Waals surface area (Å²) in [5.74, 6) is -1.42. The van der Waals surface area contributed by atoms with E-state index in [4.69, 9.17) is 21.4 Å². The van der Waals surface area contributed by atoms with E-state index in [2.05, 4.69) is 5.32 Å². The van der Waals surface area contributed by atoms with Crippen molar-refractivity contribution in [3.63, 3.8) is 0 Å². The summed E-state index contributed by atoms with van der Waals surface area (Å²) in [5, 5.41) is 11.9. The van der Waals surface area contributed by atoms with Crippen LogP contribution in [-0.4, -0.2) is 30.2 Å². The van der Waals surface area contributed by atoms with Crippen LogP contribution in [0.3, 0.4) is 0 Å². The number of nitrogens with one attached hydrogen (secondary N) is 1. The lowest BCUT2D eigenvalue weighted by atomic mass is 10.1. The van der Waals surface area contributed by atoms with Crippen LogP contribution >= 0.6 is 11.6 Å². The number of amides is 1. The number of halogens is 1. The van der Waals surface area contributed by atoms with Gasteiger partial charge in [-0.3, -0.25) is 4.79 Å². The van der Waals surface area contributed by atoms with Crippen molar-refractivity contribution in [1.29, 1.82) is 0 Å². The average molecular weight is 286 g/mol. The minimum atomic E-state index is -1.12. The highest BCUT2D eigenvalue weighted by atomic mass is 35.5. The molecule has 19 heavy (non-hydrogen) atoms. The molecular weight excluding hydrogens is 270 g/mol. The van der Waals surface area contributed by atoms with E-state index >= 15 is 0 Å². The van der Waals surface area contributed by atoms with Crippen molar-refractivity contribution >= 4 is 29.2 Å². The molecule has 0 atom stereocenters. The van der Waals surface area contributed by atoms with Gasteiger partial charge in [-0.25, -0.2) is 4.79 Å². The highest BCUT2D eigenvalue weighted by molar-refractivity contribution is 6.31. The third-order valence-electron chi connectivity index (χ3n) is 2.31. The number of rotatable bonds is 7. The van der Waals surface area contributed by atoms with E-state index < -0.39 is 5.97 Å². The van der Waals surface area contributed by atoms with Crippen molar-refractivity contribution in [2.24, 2.45) is 0 Å². The normalized spacial score (nSPS) is 10.2. The number of benzene rings is 1. The van der Waals surface area contributed by atoms with Gasteiger partial charge in [-0.05, 0) is 24.6 Å². The largest absolute Gasteiger partial charge is 0.478 e. The number of hydrogen-bond donors (Lipinski definition) is 2. The Morgan fingerprint density at radius 1 is 1.37 bits per heavy atom. The smallest absolute Gasteiger partial charge is 0.337 e. The Kier molecular flexibility index (Phi) is 6.32. The zero-order valence-electron chi connectivity index (χ0n) is 10.6. The summed E-state index contributed by atoms with van der Waals surface area (Å²) in [5.41, 5.74) is 0.202. The van der Waals surface area contributed by atoms with Gasteiger partial charge in [0.1, 0.15) is 0 Å². The first-order valence-electron chi connectivity index (χ1n) is 5.95. The molecule has 6 heteroatoms. The number of carboxylic acids is 1. The Labute approximate surface area is 116 Å². The van der Waals surface area contributed by atoms with Crippen LogP contribution in [0, 0.1) is 0 Å². The third kappa shape index (κ3) is 5.28. The summed E-state index contributed by atoms with van der Waals surface area (Å²) < 4.78 is 5.19. The second kappa shape index (κ2) is 7.76. The van der Waals surface area contributed by atoms with Gasteiger partial charge in [0.25, 0.3) is 0 Å². The van der Waals surface area contributed by atoms with Crippen molar-refractivity contribution in [3.05, 3.63) is 28.8 Å².